The van der Waals surface area contributed by atoms with E-state index in [9.17, 15) is 0 Å². The minimum absolute atomic E-state index is 0.0346. The number of hydrogen-bond donors (Lipinski definition) is 2. The average Bonchev–Trinajstić information content (AvgIpc) is 2.19. The van der Waals surface area contributed by atoms with Crippen molar-refractivity contribution in [3.05, 3.63) is 29.6 Å². The second-order valence-electron chi connectivity index (χ2n) is 3.02. The number of nitrogen functional groups attached to an aromatic ring is 1. The highest BCUT2D eigenvalue weighted by Crippen LogP contribution is 2.12. The van der Waals surface area contributed by atoms with Crippen LogP contribution in [0, 0.1) is 5.41 Å². The number of nitrogens with zero attached hydrogens (tertiary/aromatic N) is 1. The van der Waals surface area contributed by atoms with Crippen molar-refractivity contribution in [3.8, 4) is 0 Å². The fourth-order valence-corrected chi connectivity index (χ4v) is 1.89. The standard InChI is InChI=1S/C10H15N3S/c1-2-5-14-7-8-3-4-13-9(6-8)10(11)12/h3-4,6H,2,5,7H2,1H3,(H3,11,12). The summed E-state index contributed by atoms with van der Waals surface area (Å²) < 4.78 is 0. The smallest absolute Gasteiger partial charge is 0.141 e. The number of pyridine rings is 1. The number of aromatic nitrogens is 1. The van der Waals surface area contributed by atoms with E-state index in [2.05, 4.69) is 11.9 Å². The molecule has 0 fully saturated rings. The molecule has 1 aromatic heterocycles. The van der Waals surface area contributed by atoms with Crippen LogP contribution >= 0.6 is 11.8 Å². The van der Waals surface area contributed by atoms with Crippen molar-refractivity contribution in [1.82, 2.24) is 4.98 Å². The number of nitrogens with one attached hydrogen (secondary N) is 1. The minimum Gasteiger partial charge on any atom is -0.382 e. The number of amidine groups is 1. The summed E-state index contributed by atoms with van der Waals surface area (Å²) >= 11 is 1.89. The zero-order valence-electron chi connectivity index (χ0n) is 8.29. The molecule has 0 aliphatic heterocycles. The van der Waals surface area contributed by atoms with Crippen molar-refractivity contribution < 1.29 is 0 Å². The van der Waals surface area contributed by atoms with Gasteiger partial charge in [0, 0.05) is 11.9 Å². The summed E-state index contributed by atoms with van der Waals surface area (Å²) in [6.45, 7) is 2.17. The van der Waals surface area contributed by atoms with E-state index in [0.717, 1.165) is 11.5 Å². The first-order chi connectivity index (χ1) is 6.74. The Balaban J connectivity index is 2.59. The highest BCUT2D eigenvalue weighted by molar-refractivity contribution is 7.98. The molecule has 3 nitrogen and oxygen atoms in total. The van der Waals surface area contributed by atoms with Crippen LogP contribution in [0.1, 0.15) is 24.6 Å². The van der Waals surface area contributed by atoms with Gasteiger partial charge in [-0.2, -0.15) is 11.8 Å². The lowest BCUT2D eigenvalue weighted by molar-refractivity contribution is 1.10. The molecule has 14 heavy (non-hydrogen) atoms. The molecule has 3 N–H and O–H groups in total. The summed E-state index contributed by atoms with van der Waals surface area (Å²) in [6, 6.07) is 3.85. The van der Waals surface area contributed by atoms with E-state index in [1.807, 2.05) is 23.9 Å². The van der Waals surface area contributed by atoms with Crippen molar-refractivity contribution in [2.75, 3.05) is 5.75 Å². The van der Waals surface area contributed by atoms with E-state index < -0.39 is 0 Å². The lowest BCUT2D eigenvalue weighted by atomic mass is 10.2. The molecule has 0 amide bonds. The van der Waals surface area contributed by atoms with Crippen LogP contribution in [0.15, 0.2) is 18.3 Å². The van der Waals surface area contributed by atoms with Crippen LogP contribution in [0.25, 0.3) is 0 Å². The van der Waals surface area contributed by atoms with Crippen LogP contribution < -0.4 is 5.73 Å². The topological polar surface area (TPSA) is 62.8 Å². The normalized spacial score (nSPS) is 10.1. The van der Waals surface area contributed by atoms with Gasteiger partial charge in [-0.1, -0.05) is 6.92 Å². The van der Waals surface area contributed by atoms with E-state index in [0.29, 0.717) is 5.69 Å². The third kappa shape index (κ3) is 3.38. The van der Waals surface area contributed by atoms with Gasteiger partial charge in [-0.05, 0) is 29.9 Å². The minimum atomic E-state index is 0.0346. The van der Waals surface area contributed by atoms with E-state index in [-0.39, 0.29) is 5.84 Å². The molecule has 76 valence electrons. The lowest BCUT2D eigenvalue weighted by Gasteiger charge is -2.02. The summed E-state index contributed by atoms with van der Waals surface area (Å²) in [5.41, 5.74) is 7.10. The summed E-state index contributed by atoms with van der Waals surface area (Å²) in [5, 5.41) is 7.25. The Kier molecular flexibility index (Phi) is 4.46. The van der Waals surface area contributed by atoms with E-state index in [4.69, 9.17) is 11.1 Å². The third-order valence-corrected chi connectivity index (χ3v) is 2.95. The SMILES string of the molecule is CCCSCc1ccnc(C(=N)N)c1. The Morgan fingerprint density at radius 3 is 3.07 bits per heavy atom. The summed E-state index contributed by atoms with van der Waals surface area (Å²) in [6.07, 6.45) is 2.90. The molecule has 0 bridgehead atoms. The molecule has 0 aliphatic carbocycles. The van der Waals surface area contributed by atoms with E-state index in [1.54, 1.807) is 6.20 Å². The van der Waals surface area contributed by atoms with Gasteiger partial charge in [0.1, 0.15) is 11.5 Å². The van der Waals surface area contributed by atoms with Gasteiger partial charge in [-0.15, -0.1) is 0 Å². The third-order valence-electron chi connectivity index (χ3n) is 1.72. The predicted molar refractivity (Wildman–Crippen MR) is 61.7 cm³/mol. The average molecular weight is 209 g/mol. The first kappa shape index (κ1) is 11.0. The molecule has 0 radical (unpaired) electrons. The zero-order valence-corrected chi connectivity index (χ0v) is 9.10. The van der Waals surface area contributed by atoms with E-state index >= 15 is 0 Å². The largest absolute Gasteiger partial charge is 0.382 e. The van der Waals surface area contributed by atoms with E-state index in [1.165, 1.54) is 12.0 Å². The van der Waals surface area contributed by atoms with Crippen LogP contribution in [-0.2, 0) is 5.75 Å². The maximum atomic E-state index is 7.25. The van der Waals surface area contributed by atoms with Gasteiger partial charge in [-0.3, -0.25) is 10.4 Å². The molecule has 0 aliphatic rings. The van der Waals surface area contributed by atoms with Crippen molar-refractivity contribution >= 4 is 17.6 Å². The number of rotatable bonds is 5. The molecule has 0 spiro atoms. The molecule has 1 heterocycles. The molecule has 1 rings (SSSR count). The van der Waals surface area contributed by atoms with Crippen LogP contribution in [0.3, 0.4) is 0 Å². The van der Waals surface area contributed by atoms with Crippen LogP contribution in [0.5, 0.6) is 0 Å². The molecule has 4 heteroatoms. The van der Waals surface area contributed by atoms with Gasteiger partial charge in [0.15, 0.2) is 0 Å². The Bertz CT molecular complexity index is 312. The Hall–Kier alpha value is -1.03. The molecular formula is C10H15N3S. The molecule has 0 saturated heterocycles. The maximum Gasteiger partial charge on any atom is 0.141 e. The van der Waals surface area contributed by atoms with Crippen LogP contribution in [0.2, 0.25) is 0 Å². The van der Waals surface area contributed by atoms with Crippen molar-refractivity contribution in [2.45, 2.75) is 19.1 Å². The summed E-state index contributed by atoms with van der Waals surface area (Å²) in [4.78, 5) is 4.01. The molecule has 1 aromatic rings. The molecule has 0 unspecified atom stereocenters. The first-order valence-corrected chi connectivity index (χ1v) is 5.76. The summed E-state index contributed by atoms with van der Waals surface area (Å²) in [7, 11) is 0. The maximum absolute atomic E-state index is 7.25. The molecule has 0 saturated carbocycles. The Labute approximate surface area is 88.6 Å². The quantitative estimate of drug-likeness (QED) is 0.443. The number of hydrogen-bond acceptors (Lipinski definition) is 3. The molecular weight excluding hydrogens is 194 g/mol. The summed E-state index contributed by atoms with van der Waals surface area (Å²) in [5.74, 6) is 2.17. The zero-order chi connectivity index (χ0) is 10.4. The Morgan fingerprint density at radius 2 is 2.43 bits per heavy atom. The van der Waals surface area contributed by atoms with Crippen molar-refractivity contribution in [2.24, 2.45) is 5.73 Å². The second kappa shape index (κ2) is 5.65. The van der Waals surface area contributed by atoms with Gasteiger partial charge in [0.05, 0.1) is 0 Å². The van der Waals surface area contributed by atoms with Crippen molar-refractivity contribution in [1.29, 1.82) is 5.41 Å². The van der Waals surface area contributed by atoms with Gasteiger partial charge in [-0.25, -0.2) is 0 Å². The number of nitrogens with two attached hydrogens (primary N) is 1. The first-order valence-electron chi connectivity index (χ1n) is 4.61. The highest BCUT2D eigenvalue weighted by atomic mass is 32.2. The fourth-order valence-electron chi connectivity index (χ4n) is 1.05. The fraction of sp³-hybridized carbons (Fsp3) is 0.400. The lowest BCUT2D eigenvalue weighted by Crippen LogP contribution is -2.13. The highest BCUT2D eigenvalue weighted by Gasteiger charge is 1.99. The van der Waals surface area contributed by atoms with Gasteiger partial charge >= 0.3 is 0 Å². The molecule has 0 aromatic carbocycles. The van der Waals surface area contributed by atoms with Crippen LogP contribution in [0.4, 0.5) is 0 Å². The second-order valence-corrected chi connectivity index (χ2v) is 4.12. The van der Waals surface area contributed by atoms with Gasteiger partial charge in [0.25, 0.3) is 0 Å². The Morgan fingerprint density at radius 1 is 1.64 bits per heavy atom. The van der Waals surface area contributed by atoms with Gasteiger partial charge < -0.3 is 5.73 Å². The molecule has 0 atom stereocenters. The predicted octanol–water partition coefficient (Wildman–Crippen LogP) is 2.01. The number of thioether (sulfide) groups is 1. The van der Waals surface area contributed by atoms with Crippen molar-refractivity contribution in [3.63, 3.8) is 0 Å². The monoisotopic (exact) mass is 209 g/mol. The van der Waals surface area contributed by atoms with Gasteiger partial charge in [0.2, 0.25) is 0 Å². The van der Waals surface area contributed by atoms with Crippen LogP contribution in [-0.4, -0.2) is 16.6 Å².